The molecule has 0 atom stereocenters. The minimum atomic E-state index is -0.338. The van der Waals surface area contributed by atoms with Crippen molar-refractivity contribution in [2.45, 2.75) is 12.8 Å². The van der Waals surface area contributed by atoms with Crippen molar-refractivity contribution < 1.29 is 13.6 Å². The summed E-state index contributed by atoms with van der Waals surface area (Å²) < 4.78 is 26.7. The maximum Gasteiger partial charge on any atom is 0.226 e. The Balaban J connectivity index is 1.57. The number of benzene rings is 2. The molecular weight excluding hydrogens is 418 g/mol. The number of aromatic amines is 1. The molecule has 154 valence electrons. The number of nitrogens with one attached hydrogen (secondary N) is 2. The average molecular weight is 434 g/mol. The predicted molar refractivity (Wildman–Crippen MR) is 115 cm³/mol. The summed E-state index contributed by atoms with van der Waals surface area (Å²) >= 11 is 1.11. The van der Waals surface area contributed by atoms with Crippen molar-refractivity contribution in [1.82, 2.24) is 9.97 Å². The van der Waals surface area contributed by atoms with Gasteiger partial charge in [-0.15, -0.1) is 0 Å². The Kier molecular flexibility index (Phi) is 5.87. The van der Waals surface area contributed by atoms with E-state index in [9.17, 15) is 13.6 Å². The molecule has 0 spiro atoms. The quantitative estimate of drug-likeness (QED) is 0.419. The molecule has 1 amide bonds. The molecule has 0 saturated heterocycles. The molecule has 0 fully saturated rings. The lowest BCUT2D eigenvalue weighted by Gasteiger charge is -2.05. The molecule has 5 nitrogen and oxygen atoms in total. The van der Waals surface area contributed by atoms with E-state index in [0.717, 1.165) is 39.4 Å². The number of carbonyl (C=O) groups excluding carboxylic acids is 1. The first-order chi connectivity index (χ1) is 15.0. The van der Waals surface area contributed by atoms with Crippen LogP contribution >= 0.6 is 11.3 Å². The summed E-state index contributed by atoms with van der Waals surface area (Å²) in [7, 11) is 0. The molecule has 0 aliphatic carbocycles. The summed E-state index contributed by atoms with van der Waals surface area (Å²) in [5.74, 6) is -0.892. The average Bonchev–Trinajstić information content (AvgIpc) is 3.40. The Morgan fingerprint density at radius 1 is 1.06 bits per heavy atom. The van der Waals surface area contributed by atoms with Gasteiger partial charge in [-0.25, -0.2) is 13.8 Å². The van der Waals surface area contributed by atoms with Gasteiger partial charge in [0, 0.05) is 17.8 Å². The third kappa shape index (κ3) is 4.85. The van der Waals surface area contributed by atoms with Gasteiger partial charge in [-0.2, -0.15) is 5.26 Å². The molecule has 0 aliphatic heterocycles. The molecule has 2 N–H and O–H groups in total. The number of rotatable bonds is 6. The molecule has 8 heteroatoms. The molecule has 0 radical (unpaired) electrons. The number of halogens is 2. The van der Waals surface area contributed by atoms with Gasteiger partial charge in [0.15, 0.2) is 5.13 Å². The van der Waals surface area contributed by atoms with Crippen LogP contribution in [0.25, 0.3) is 22.5 Å². The molecule has 4 rings (SSSR count). The summed E-state index contributed by atoms with van der Waals surface area (Å²) in [6, 6.07) is 16.1. The van der Waals surface area contributed by atoms with Gasteiger partial charge in [0.2, 0.25) is 5.91 Å². The van der Waals surface area contributed by atoms with Crippen LogP contribution in [0.5, 0.6) is 0 Å². The van der Waals surface area contributed by atoms with Crippen molar-refractivity contribution in [1.29, 1.82) is 5.26 Å². The van der Waals surface area contributed by atoms with Crippen LogP contribution in [0.4, 0.5) is 13.9 Å². The van der Waals surface area contributed by atoms with Crippen LogP contribution in [0.2, 0.25) is 0 Å². The molecule has 0 unspecified atom stereocenters. The van der Waals surface area contributed by atoms with E-state index in [2.05, 4.69) is 15.3 Å². The highest BCUT2D eigenvalue weighted by atomic mass is 32.1. The summed E-state index contributed by atoms with van der Waals surface area (Å²) in [6.07, 6.45) is 2.02. The van der Waals surface area contributed by atoms with Crippen molar-refractivity contribution in [2.75, 3.05) is 5.32 Å². The number of hydrogen-bond donors (Lipinski definition) is 2. The van der Waals surface area contributed by atoms with E-state index in [1.165, 1.54) is 30.5 Å². The molecule has 0 aliphatic rings. The predicted octanol–water partition coefficient (Wildman–Crippen LogP) is 5.53. The molecule has 2 aromatic carbocycles. The first-order valence-corrected chi connectivity index (χ1v) is 10.2. The second-order valence-corrected chi connectivity index (χ2v) is 7.82. The fourth-order valence-corrected chi connectivity index (χ4v) is 3.80. The zero-order valence-electron chi connectivity index (χ0n) is 16.2. The summed E-state index contributed by atoms with van der Waals surface area (Å²) in [5, 5.41) is 11.9. The Morgan fingerprint density at radius 2 is 1.71 bits per heavy atom. The van der Waals surface area contributed by atoms with Crippen LogP contribution < -0.4 is 5.32 Å². The number of nitriles is 1. The third-order valence-corrected chi connectivity index (χ3v) is 5.49. The van der Waals surface area contributed by atoms with Gasteiger partial charge in [0.1, 0.15) is 22.6 Å². The Morgan fingerprint density at radius 3 is 2.32 bits per heavy atom. The van der Waals surface area contributed by atoms with E-state index in [-0.39, 0.29) is 24.0 Å². The first-order valence-electron chi connectivity index (χ1n) is 9.41. The lowest BCUT2D eigenvalue weighted by Crippen LogP contribution is -2.12. The van der Waals surface area contributed by atoms with Gasteiger partial charge in [0.25, 0.3) is 0 Å². The van der Waals surface area contributed by atoms with Crippen molar-refractivity contribution in [3.63, 3.8) is 0 Å². The van der Waals surface area contributed by atoms with Crippen LogP contribution in [-0.4, -0.2) is 15.9 Å². The van der Waals surface area contributed by atoms with Crippen molar-refractivity contribution >= 4 is 22.4 Å². The van der Waals surface area contributed by atoms with Crippen LogP contribution in [0, 0.1) is 23.0 Å². The van der Waals surface area contributed by atoms with Crippen LogP contribution in [0.3, 0.4) is 0 Å². The lowest BCUT2D eigenvalue weighted by atomic mass is 10.0. The van der Waals surface area contributed by atoms with Crippen molar-refractivity contribution in [3.8, 4) is 28.6 Å². The molecule has 4 aromatic rings. The monoisotopic (exact) mass is 434 g/mol. The van der Waals surface area contributed by atoms with Gasteiger partial charge in [-0.3, -0.25) is 4.79 Å². The number of H-pyrrole nitrogens is 1. The summed E-state index contributed by atoms with van der Waals surface area (Å²) in [6.45, 7) is 0. The Bertz CT molecular complexity index is 1250. The molecule has 0 bridgehead atoms. The number of nitrogens with zero attached hydrogens (tertiary/aromatic N) is 2. The SMILES string of the molecule is N#Cc1cnc(NC(=O)CCc2cc(-c3ccc(F)cc3)[nH]c2-c2ccc(F)cc2)s1. The van der Waals surface area contributed by atoms with Gasteiger partial charge >= 0.3 is 0 Å². The number of thiazole rings is 1. The molecule has 31 heavy (non-hydrogen) atoms. The number of aromatic nitrogens is 2. The zero-order chi connectivity index (χ0) is 21.8. The van der Waals surface area contributed by atoms with E-state index >= 15 is 0 Å². The first kappa shape index (κ1) is 20.4. The molecular formula is C23H16F2N4OS. The normalized spacial score (nSPS) is 10.6. The number of carbonyl (C=O) groups is 1. The largest absolute Gasteiger partial charge is 0.354 e. The van der Waals surface area contributed by atoms with Gasteiger partial charge in [0.05, 0.1) is 6.20 Å². The van der Waals surface area contributed by atoms with Crippen LogP contribution in [0.1, 0.15) is 16.9 Å². The Hall–Kier alpha value is -3.83. The fraction of sp³-hybridized carbons (Fsp3) is 0.0870. The number of hydrogen-bond acceptors (Lipinski definition) is 4. The highest BCUT2D eigenvalue weighted by molar-refractivity contribution is 7.16. The van der Waals surface area contributed by atoms with Crippen LogP contribution in [-0.2, 0) is 11.2 Å². The standard InChI is InChI=1S/C23H16F2N4OS/c24-17-6-1-14(2-7-17)20-11-16(22(28-20)15-3-8-18(25)9-4-15)5-10-21(30)29-23-27-13-19(12-26)31-23/h1-4,6-9,11,13,28H,5,10H2,(H,27,29,30). The second-order valence-electron chi connectivity index (χ2n) is 6.79. The van der Waals surface area contributed by atoms with Gasteiger partial charge in [-0.1, -0.05) is 11.3 Å². The van der Waals surface area contributed by atoms with E-state index in [1.54, 1.807) is 24.3 Å². The number of anilines is 1. The maximum absolute atomic E-state index is 13.4. The zero-order valence-corrected chi connectivity index (χ0v) is 17.0. The number of amides is 1. The van der Waals surface area contributed by atoms with Crippen molar-refractivity contribution in [3.05, 3.63) is 82.9 Å². The minimum absolute atomic E-state index is 0.191. The molecule has 0 saturated carbocycles. The lowest BCUT2D eigenvalue weighted by molar-refractivity contribution is -0.116. The highest BCUT2D eigenvalue weighted by Crippen LogP contribution is 2.30. The van der Waals surface area contributed by atoms with E-state index < -0.39 is 0 Å². The minimum Gasteiger partial charge on any atom is -0.354 e. The van der Waals surface area contributed by atoms with E-state index in [4.69, 9.17) is 5.26 Å². The van der Waals surface area contributed by atoms with Gasteiger partial charge < -0.3 is 10.3 Å². The Labute approximate surface area is 181 Å². The smallest absolute Gasteiger partial charge is 0.226 e. The van der Waals surface area contributed by atoms with Crippen molar-refractivity contribution in [2.24, 2.45) is 0 Å². The number of aryl methyl sites for hydroxylation is 1. The third-order valence-electron chi connectivity index (χ3n) is 4.67. The fourth-order valence-electron chi connectivity index (χ4n) is 3.17. The molecule has 2 aromatic heterocycles. The summed E-state index contributed by atoms with van der Waals surface area (Å²) in [5.41, 5.74) is 4.00. The van der Waals surface area contributed by atoms with Gasteiger partial charge in [-0.05, 0) is 77.7 Å². The molecule has 2 heterocycles. The van der Waals surface area contributed by atoms with Crippen LogP contribution in [0.15, 0.2) is 60.8 Å². The maximum atomic E-state index is 13.4. The topological polar surface area (TPSA) is 81.6 Å². The summed E-state index contributed by atoms with van der Waals surface area (Å²) in [4.78, 5) is 20.1. The highest BCUT2D eigenvalue weighted by Gasteiger charge is 2.14. The van der Waals surface area contributed by atoms with E-state index in [1.807, 2.05) is 12.1 Å². The van der Waals surface area contributed by atoms with E-state index in [0.29, 0.717) is 16.4 Å². The second kappa shape index (κ2) is 8.90.